The first kappa shape index (κ1) is 12.5. The quantitative estimate of drug-likeness (QED) is 0.849. The van der Waals surface area contributed by atoms with Crippen LogP contribution in [0, 0.1) is 6.92 Å². The smallest absolute Gasteiger partial charge is 0.0754 e. The van der Waals surface area contributed by atoms with E-state index in [0.29, 0.717) is 6.10 Å². The van der Waals surface area contributed by atoms with Gasteiger partial charge in [-0.25, -0.2) is 0 Å². The molecule has 0 amide bonds. The van der Waals surface area contributed by atoms with Gasteiger partial charge in [0.25, 0.3) is 0 Å². The summed E-state index contributed by atoms with van der Waals surface area (Å²) in [5.74, 6) is 0. The van der Waals surface area contributed by atoms with Crippen LogP contribution in [-0.4, -0.2) is 22.7 Å². The summed E-state index contributed by atoms with van der Waals surface area (Å²) in [6, 6.07) is 0.00417. The van der Waals surface area contributed by atoms with Gasteiger partial charge in [0.15, 0.2) is 0 Å². The number of ether oxygens (including phenoxy) is 1. The van der Waals surface area contributed by atoms with E-state index in [1.807, 2.05) is 6.92 Å². The molecule has 1 saturated heterocycles. The number of nitrogens with zero attached hydrogens (tertiary/aromatic N) is 2. The first-order chi connectivity index (χ1) is 8.25. The highest BCUT2D eigenvalue weighted by Gasteiger charge is 2.16. The SMILES string of the molecule is Cc1cnc(C(N)CCCC2CCCO2)cn1. The fourth-order valence-corrected chi connectivity index (χ4v) is 2.18. The fraction of sp³-hybridized carbons (Fsp3) is 0.692. The monoisotopic (exact) mass is 235 g/mol. The highest BCUT2D eigenvalue weighted by Crippen LogP contribution is 2.20. The van der Waals surface area contributed by atoms with Crippen molar-refractivity contribution in [3.05, 3.63) is 23.8 Å². The zero-order valence-corrected chi connectivity index (χ0v) is 10.4. The van der Waals surface area contributed by atoms with Gasteiger partial charge in [0.1, 0.15) is 0 Å². The molecule has 2 atom stereocenters. The minimum atomic E-state index is 0.00417. The van der Waals surface area contributed by atoms with Crippen molar-refractivity contribution in [2.45, 2.75) is 51.2 Å². The summed E-state index contributed by atoms with van der Waals surface area (Å²) in [5.41, 5.74) is 7.91. The van der Waals surface area contributed by atoms with Gasteiger partial charge in [-0.15, -0.1) is 0 Å². The van der Waals surface area contributed by atoms with Gasteiger partial charge >= 0.3 is 0 Å². The molecule has 1 aliphatic rings. The molecule has 0 saturated carbocycles. The maximum Gasteiger partial charge on any atom is 0.0754 e. The molecule has 0 aliphatic carbocycles. The molecule has 2 unspecified atom stereocenters. The lowest BCUT2D eigenvalue weighted by Gasteiger charge is -2.13. The Balaban J connectivity index is 1.72. The topological polar surface area (TPSA) is 61.0 Å². The Hall–Kier alpha value is -1.00. The summed E-state index contributed by atoms with van der Waals surface area (Å²) in [4.78, 5) is 8.53. The van der Waals surface area contributed by atoms with Crippen LogP contribution >= 0.6 is 0 Å². The van der Waals surface area contributed by atoms with Crippen LogP contribution in [0.3, 0.4) is 0 Å². The molecule has 0 radical (unpaired) electrons. The lowest BCUT2D eigenvalue weighted by molar-refractivity contribution is 0.101. The van der Waals surface area contributed by atoms with Crippen molar-refractivity contribution >= 4 is 0 Å². The summed E-state index contributed by atoms with van der Waals surface area (Å²) in [6.07, 6.45) is 9.61. The van der Waals surface area contributed by atoms with E-state index in [0.717, 1.165) is 37.3 Å². The molecule has 1 aliphatic heterocycles. The minimum Gasteiger partial charge on any atom is -0.378 e. The lowest BCUT2D eigenvalue weighted by atomic mass is 10.0. The van der Waals surface area contributed by atoms with E-state index in [4.69, 9.17) is 10.5 Å². The van der Waals surface area contributed by atoms with Gasteiger partial charge in [0.05, 0.1) is 23.7 Å². The van der Waals surface area contributed by atoms with Crippen LogP contribution in [0.5, 0.6) is 0 Å². The number of rotatable bonds is 5. The first-order valence-electron chi connectivity index (χ1n) is 6.41. The number of aromatic nitrogens is 2. The number of hydrogen-bond acceptors (Lipinski definition) is 4. The van der Waals surface area contributed by atoms with Crippen LogP contribution in [-0.2, 0) is 4.74 Å². The van der Waals surface area contributed by atoms with Crippen LogP contribution < -0.4 is 5.73 Å². The van der Waals surface area contributed by atoms with Crippen LogP contribution in [0.1, 0.15) is 49.5 Å². The molecule has 0 aromatic carbocycles. The number of aryl methyl sites for hydroxylation is 1. The summed E-state index contributed by atoms with van der Waals surface area (Å²) < 4.78 is 5.59. The zero-order chi connectivity index (χ0) is 12.1. The van der Waals surface area contributed by atoms with E-state index in [-0.39, 0.29) is 6.04 Å². The van der Waals surface area contributed by atoms with Crippen molar-refractivity contribution in [3.63, 3.8) is 0 Å². The van der Waals surface area contributed by atoms with Gasteiger partial charge in [0.2, 0.25) is 0 Å². The maximum atomic E-state index is 6.09. The van der Waals surface area contributed by atoms with Crippen molar-refractivity contribution in [2.24, 2.45) is 5.73 Å². The van der Waals surface area contributed by atoms with Gasteiger partial charge in [-0.2, -0.15) is 0 Å². The Bertz CT molecular complexity index is 333. The number of hydrogen-bond donors (Lipinski definition) is 1. The largest absolute Gasteiger partial charge is 0.378 e. The molecule has 1 aromatic heterocycles. The highest BCUT2D eigenvalue weighted by molar-refractivity contribution is 5.04. The lowest BCUT2D eigenvalue weighted by Crippen LogP contribution is -2.14. The average Bonchev–Trinajstić information content (AvgIpc) is 2.83. The van der Waals surface area contributed by atoms with E-state index in [9.17, 15) is 0 Å². The van der Waals surface area contributed by atoms with Gasteiger partial charge in [-0.1, -0.05) is 0 Å². The molecule has 17 heavy (non-hydrogen) atoms. The summed E-state index contributed by atoms with van der Waals surface area (Å²) in [6.45, 7) is 2.86. The Morgan fingerprint density at radius 2 is 2.35 bits per heavy atom. The maximum absolute atomic E-state index is 6.09. The average molecular weight is 235 g/mol. The predicted molar refractivity (Wildman–Crippen MR) is 66.5 cm³/mol. The van der Waals surface area contributed by atoms with E-state index in [1.165, 1.54) is 12.8 Å². The molecular formula is C13H21N3O. The van der Waals surface area contributed by atoms with Crippen molar-refractivity contribution in [2.75, 3.05) is 6.61 Å². The first-order valence-corrected chi connectivity index (χ1v) is 6.41. The van der Waals surface area contributed by atoms with Crippen LogP contribution in [0.15, 0.2) is 12.4 Å². The Labute approximate surface area is 103 Å². The third-order valence-corrected chi connectivity index (χ3v) is 3.25. The Kier molecular flexibility index (Phi) is 4.45. The van der Waals surface area contributed by atoms with Crippen LogP contribution in [0.25, 0.3) is 0 Å². The van der Waals surface area contributed by atoms with E-state index < -0.39 is 0 Å². The standard InChI is InChI=1S/C13H21N3O/c1-10-8-16-13(9-15-10)12(14)6-2-4-11-5-3-7-17-11/h8-9,11-12H,2-7,14H2,1H3. The molecule has 4 nitrogen and oxygen atoms in total. The van der Waals surface area contributed by atoms with Gasteiger partial charge < -0.3 is 10.5 Å². The highest BCUT2D eigenvalue weighted by atomic mass is 16.5. The van der Waals surface area contributed by atoms with Crippen molar-refractivity contribution in [1.82, 2.24) is 9.97 Å². The summed E-state index contributed by atoms with van der Waals surface area (Å²) in [7, 11) is 0. The molecule has 1 aromatic rings. The van der Waals surface area contributed by atoms with Gasteiger partial charge in [-0.3, -0.25) is 9.97 Å². The molecule has 1 fully saturated rings. The zero-order valence-electron chi connectivity index (χ0n) is 10.4. The number of nitrogens with two attached hydrogens (primary N) is 1. The van der Waals surface area contributed by atoms with Crippen molar-refractivity contribution in [1.29, 1.82) is 0 Å². The second-order valence-corrected chi connectivity index (χ2v) is 4.76. The second-order valence-electron chi connectivity index (χ2n) is 4.76. The molecule has 94 valence electrons. The minimum absolute atomic E-state index is 0.00417. The third-order valence-electron chi connectivity index (χ3n) is 3.25. The summed E-state index contributed by atoms with van der Waals surface area (Å²) in [5, 5.41) is 0. The van der Waals surface area contributed by atoms with Gasteiger partial charge in [-0.05, 0) is 39.0 Å². The Morgan fingerprint density at radius 1 is 1.47 bits per heavy atom. The van der Waals surface area contributed by atoms with Crippen LogP contribution in [0.4, 0.5) is 0 Å². The van der Waals surface area contributed by atoms with Crippen LogP contribution in [0.2, 0.25) is 0 Å². The third kappa shape index (κ3) is 3.75. The van der Waals surface area contributed by atoms with E-state index >= 15 is 0 Å². The molecule has 2 N–H and O–H groups in total. The molecule has 2 rings (SSSR count). The molecule has 4 heteroatoms. The normalized spacial score (nSPS) is 21.6. The molecule has 0 spiro atoms. The summed E-state index contributed by atoms with van der Waals surface area (Å²) >= 11 is 0. The van der Waals surface area contributed by atoms with E-state index in [2.05, 4.69) is 9.97 Å². The molecule has 0 bridgehead atoms. The molecule has 2 heterocycles. The predicted octanol–water partition coefficient (Wildman–Crippen LogP) is 2.13. The van der Waals surface area contributed by atoms with Crippen molar-refractivity contribution < 1.29 is 4.74 Å². The Morgan fingerprint density at radius 3 is 3.00 bits per heavy atom. The van der Waals surface area contributed by atoms with Crippen molar-refractivity contribution in [3.8, 4) is 0 Å². The molecular weight excluding hydrogens is 214 g/mol. The second kappa shape index (κ2) is 6.07. The van der Waals surface area contributed by atoms with E-state index in [1.54, 1.807) is 12.4 Å². The van der Waals surface area contributed by atoms with Gasteiger partial charge in [0, 0.05) is 18.8 Å². The fourth-order valence-electron chi connectivity index (χ4n) is 2.18.